The first-order valence-corrected chi connectivity index (χ1v) is 7.94. The molecule has 4 aromatic rings. The van der Waals surface area contributed by atoms with Crippen LogP contribution in [0.3, 0.4) is 0 Å². The highest BCUT2D eigenvalue weighted by Crippen LogP contribution is 2.25. The Morgan fingerprint density at radius 1 is 0.923 bits per heavy atom. The minimum absolute atomic E-state index is 0.397. The summed E-state index contributed by atoms with van der Waals surface area (Å²) in [6.45, 7) is 0. The van der Waals surface area contributed by atoms with E-state index in [9.17, 15) is 0 Å². The molecule has 4 rings (SSSR count). The Balaban J connectivity index is 1.75. The molecular weight excluding hydrogens is 326 g/mol. The first kappa shape index (κ1) is 15.5. The van der Waals surface area contributed by atoms with Crippen LogP contribution in [0, 0.1) is 11.3 Å². The number of aromatic nitrogens is 4. The molecule has 0 N–H and O–H groups in total. The van der Waals surface area contributed by atoms with Crippen LogP contribution in [0.5, 0.6) is 11.6 Å². The molecule has 6 nitrogen and oxygen atoms in total. The summed E-state index contributed by atoms with van der Waals surface area (Å²) in [4.78, 5) is 9.09. The molecule has 0 amide bonds. The molecule has 26 heavy (non-hydrogen) atoms. The van der Waals surface area contributed by atoms with Gasteiger partial charge in [-0.2, -0.15) is 15.3 Å². The Bertz CT molecular complexity index is 1050. The van der Waals surface area contributed by atoms with Crippen molar-refractivity contribution < 1.29 is 4.74 Å². The molecule has 0 atom stereocenters. The topological polar surface area (TPSA) is 76.6 Å². The number of benzene rings is 2. The Kier molecular flexibility index (Phi) is 4.11. The second-order valence-corrected chi connectivity index (χ2v) is 5.44. The predicted molar refractivity (Wildman–Crippen MR) is 95.8 cm³/mol. The van der Waals surface area contributed by atoms with E-state index in [-0.39, 0.29) is 0 Å². The number of nitriles is 1. The van der Waals surface area contributed by atoms with Gasteiger partial charge in [-0.05, 0) is 30.3 Å². The third kappa shape index (κ3) is 3.28. The van der Waals surface area contributed by atoms with Crippen molar-refractivity contribution in [2.24, 2.45) is 0 Å². The lowest BCUT2D eigenvalue weighted by molar-refractivity contribution is 0.461. The van der Waals surface area contributed by atoms with Crippen molar-refractivity contribution >= 4 is 0 Å². The molecule has 124 valence electrons. The first-order valence-electron chi connectivity index (χ1n) is 7.94. The summed E-state index contributed by atoms with van der Waals surface area (Å²) in [5, 5.41) is 13.1. The van der Waals surface area contributed by atoms with Crippen molar-refractivity contribution in [1.29, 1.82) is 5.26 Å². The minimum atomic E-state index is 0.397. The van der Waals surface area contributed by atoms with Crippen molar-refractivity contribution in [2.75, 3.05) is 0 Å². The molecule has 0 bridgehead atoms. The SMILES string of the molecule is N#Cc1ccc(Oc2cc(-n3cccn3)nc(-c3ccccc3)n2)cc1. The van der Waals surface area contributed by atoms with Crippen LogP contribution in [-0.4, -0.2) is 19.7 Å². The summed E-state index contributed by atoms with van der Waals surface area (Å²) in [5.41, 5.74) is 1.45. The van der Waals surface area contributed by atoms with Gasteiger partial charge in [0.2, 0.25) is 5.88 Å². The normalized spacial score (nSPS) is 10.3. The Morgan fingerprint density at radius 3 is 2.42 bits per heavy atom. The molecule has 2 heterocycles. The standard InChI is InChI=1S/C20H13N5O/c21-14-15-7-9-17(10-8-15)26-19-13-18(25-12-4-11-22-25)23-20(24-19)16-5-2-1-3-6-16/h1-13H. The van der Waals surface area contributed by atoms with Gasteiger partial charge in [-0.25, -0.2) is 9.67 Å². The van der Waals surface area contributed by atoms with Crippen LogP contribution in [0.4, 0.5) is 0 Å². The molecule has 0 fully saturated rings. The van der Waals surface area contributed by atoms with Gasteiger partial charge in [0.15, 0.2) is 11.6 Å². The molecule has 0 aliphatic heterocycles. The van der Waals surface area contributed by atoms with Crippen LogP contribution < -0.4 is 4.74 Å². The highest BCUT2D eigenvalue weighted by molar-refractivity contribution is 5.56. The molecule has 0 radical (unpaired) electrons. The summed E-state index contributed by atoms with van der Waals surface area (Å²) < 4.78 is 7.53. The van der Waals surface area contributed by atoms with E-state index in [0.29, 0.717) is 28.8 Å². The van der Waals surface area contributed by atoms with Crippen LogP contribution in [-0.2, 0) is 0 Å². The second-order valence-electron chi connectivity index (χ2n) is 5.44. The molecule has 6 heteroatoms. The van der Waals surface area contributed by atoms with Gasteiger partial charge in [0.1, 0.15) is 5.75 Å². The quantitative estimate of drug-likeness (QED) is 0.562. The largest absolute Gasteiger partial charge is 0.439 e. The molecule has 0 saturated carbocycles. The van der Waals surface area contributed by atoms with Gasteiger partial charge < -0.3 is 4.74 Å². The summed E-state index contributed by atoms with van der Waals surface area (Å²) in [5.74, 6) is 2.14. The molecule has 2 aromatic carbocycles. The van der Waals surface area contributed by atoms with Gasteiger partial charge in [0.05, 0.1) is 11.6 Å². The number of hydrogen-bond acceptors (Lipinski definition) is 5. The minimum Gasteiger partial charge on any atom is -0.439 e. The van der Waals surface area contributed by atoms with Gasteiger partial charge in [-0.3, -0.25) is 0 Å². The summed E-state index contributed by atoms with van der Waals surface area (Å²) in [7, 11) is 0. The van der Waals surface area contributed by atoms with Crippen LogP contribution in [0.15, 0.2) is 79.1 Å². The van der Waals surface area contributed by atoms with Crippen molar-refractivity contribution in [3.8, 4) is 34.9 Å². The van der Waals surface area contributed by atoms with E-state index in [1.165, 1.54) is 0 Å². The monoisotopic (exact) mass is 339 g/mol. The van der Waals surface area contributed by atoms with Crippen molar-refractivity contribution in [3.05, 3.63) is 84.7 Å². The van der Waals surface area contributed by atoms with Gasteiger partial charge in [0.25, 0.3) is 0 Å². The average molecular weight is 339 g/mol. The van der Waals surface area contributed by atoms with Crippen LogP contribution in [0.1, 0.15) is 5.56 Å². The van der Waals surface area contributed by atoms with E-state index in [1.807, 2.05) is 42.6 Å². The highest BCUT2D eigenvalue weighted by Gasteiger charge is 2.10. The highest BCUT2D eigenvalue weighted by atomic mass is 16.5. The molecule has 0 saturated heterocycles. The fourth-order valence-corrected chi connectivity index (χ4v) is 2.42. The van der Waals surface area contributed by atoms with Gasteiger partial charge in [0, 0.05) is 24.0 Å². The third-order valence-corrected chi connectivity index (χ3v) is 3.67. The van der Waals surface area contributed by atoms with Crippen molar-refractivity contribution in [3.63, 3.8) is 0 Å². The van der Waals surface area contributed by atoms with E-state index in [1.54, 1.807) is 41.2 Å². The predicted octanol–water partition coefficient (Wildman–Crippen LogP) is 3.99. The fourth-order valence-electron chi connectivity index (χ4n) is 2.42. The lowest BCUT2D eigenvalue weighted by Gasteiger charge is -2.09. The Morgan fingerprint density at radius 2 is 1.73 bits per heavy atom. The smallest absolute Gasteiger partial charge is 0.225 e. The zero-order valence-corrected chi connectivity index (χ0v) is 13.6. The van der Waals surface area contributed by atoms with Crippen molar-refractivity contribution in [1.82, 2.24) is 19.7 Å². The number of nitrogens with zero attached hydrogens (tertiary/aromatic N) is 5. The summed E-state index contributed by atoms with van der Waals surface area (Å²) in [6.07, 6.45) is 3.49. The first-order chi connectivity index (χ1) is 12.8. The number of ether oxygens (including phenoxy) is 1. The maximum Gasteiger partial charge on any atom is 0.225 e. The number of rotatable bonds is 4. The van der Waals surface area contributed by atoms with Gasteiger partial charge >= 0.3 is 0 Å². The summed E-state index contributed by atoms with van der Waals surface area (Å²) >= 11 is 0. The molecular formula is C20H13N5O. The van der Waals surface area contributed by atoms with E-state index in [2.05, 4.69) is 21.1 Å². The average Bonchev–Trinajstić information content (AvgIpc) is 3.24. The lowest BCUT2D eigenvalue weighted by atomic mass is 10.2. The number of hydrogen-bond donors (Lipinski definition) is 0. The maximum absolute atomic E-state index is 8.90. The van der Waals surface area contributed by atoms with Gasteiger partial charge in [-0.1, -0.05) is 30.3 Å². The third-order valence-electron chi connectivity index (χ3n) is 3.67. The zero-order chi connectivity index (χ0) is 17.8. The second kappa shape index (κ2) is 6.87. The molecule has 0 spiro atoms. The Hall–Kier alpha value is -3.98. The van der Waals surface area contributed by atoms with Gasteiger partial charge in [-0.15, -0.1) is 0 Å². The zero-order valence-electron chi connectivity index (χ0n) is 13.6. The summed E-state index contributed by atoms with van der Waals surface area (Å²) in [6, 6.07) is 22.2. The van der Waals surface area contributed by atoms with E-state index < -0.39 is 0 Å². The molecule has 0 aliphatic carbocycles. The molecule has 0 unspecified atom stereocenters. The maximum atomic E-state index is 8.90. The molecule has 0 aliphatic rings. The van der Waals surface area contributed by atoms with Crippen LogP contribution in [0.2, 0.25) is 0 Å². The van der Waals surface area contributed by atoms with E-state index >= 15 is 0 Å². The fraction of sp³-hybridized carbons (Fsp3) is 0. The van der Waals surface area contributed by atoms with Crippen molar-refractivity contribution in [2.45, 2.75) is 0 Å². The Labute approximate surface area is 150 Å². The van der Waals surface area contributed by atoms with Crippen LogP contribution in [0.25, 0.3) is 17.2 Å². The molecule has 2 aromatic heterocycles. The van der Waals surface area contributed by atoms with E-state index in [4.69, 9.17) is 10.00 Å². The lowest BCUT2D eigenvalue weighted by Crippen LogP contribution is -2.02. The van der Waals surface area contributed by atoms with E-state index in [0.717, 1.165) is 5.56 Å². The van der Waals surface area contributed by atoms with Crippen LogP contribution >= 0.6 is 0 Å².